The summed E-state index contributed by atoms with van der Waals surface area (Å²) < 4.78 is 0. The lowest BCUT2D eigenvalue weighted by Crippen LogP contribution is -2.33. The highest BCUT2D eigenvalue weighted by atomic mass is 16.2. The molecule has 0 bridgehead atoms. The quantitative estimate of drug-likeness (QED) is 0.429. The van der Waals surface area contributed by atoms with Crippen LogP contribution in [0.1, 0.15) is 41.5 Å². The Hall–Kier alpha value is -0.970. The second kappa shape index (κ2) is 4.04. The van der Waals surface area contributed by atoms with Crippen molar-refractivity contribution in [3.05, 3.63) is 0 Å². The van der Waals surface area contributed by atoms with Crippen molar-refractivity contribution in [3.8, 4) is 12.0 Å². The van der Waals surface area contributed by atoms with Crippen molar-refractivity contribution in [1.29, 1.82) is 0 Å². The Kier molecular flexibility index (Phi) is 3.76. The van der Waals surface area contributed by atoms with Gasteiger partial charge in [0.15, 0.2) is 0 Å². The van der Waals surface area contributed by atoms with Gasteiger partial charge in [0.2, 0.25) is 5.91 Å². The second-order valence-corrected chi connectivity index (χ2v) is 5.60. The van der Waals surface area contributed by atoms with Gasteiger partial charge in [0.25, 0.3) is 0 Å². The van der Waals surface area contributed by atoms with E-state index in [1.807, 2.05) is 41.5 Å². The Labute approximate surface area is 87.7 Å². The molecule has 0 spiro atoms. The molecule has 1 amide bonds. The van der Waals surface area contributed by atoms with Crippen molar-refractivity contribution in [2.75, 3.05) is 7.05 Å². The SMILES string of the molecule is CN(C#CC(C)(C)C)C(=O)C(C)(C)C. The Morgan fingerprint density at radius 3 is 1.79 bits per heavy atom. The fraction of sp³-hybridized carbons (Fsp3) is 0.750. The molecule has 0 heterocycles. The van der Waals surface area contributed by atoms with Gasteiger partial charge in [0.1, 0.15) is 0 Å². The van der Waals surface area contributed by atoms with Crippen LogP contribution in [-0.4, -0.2) is 17.9 Å². The van der Waals surface area contributed by atoms with E-state index in [4.69, 9.17) is 0 Å². The standard InChI is InChI=1S/C12H21NO/c1-11(2,3)8-9-13(7)10(14)12(4,5)6/h1-7H3. The van der Waals surface area contributed by atoms with Gasteiger partial charge in [-0.25, -0.2) is 0 Å². The summed E-state index contributed by atoms with van der Waals surface area (Å²) in [7, 11) is 1.71. The summed E-state index contributed by atoms with van der Waals surface area (Å²) in [5.74, 6) is 3.08. The predicted molar refractivity (Wildman–Crippen MR) is 59.5 cm³/mol. The van der Waals surface area contributed by atoms with Crippen molar-refractivity contribution in [2.24, 2.45) is 10.8 Å². The Balaban J connectivity index is 4.57. The van der Waals surface area contributed by atoms with Crippen LogP contribution in [0.15, 0.2) is 0 Å². The van der Waals surface area contributed by atoms with E-state index >= 15 is 0 Å². The molecule has 0 aliphatic rings. The van der Waals surface area contributed by atoms with Crippen LogP contribution in [0.2, 0.25) is 0 Å². The van der Waals surface area contributed by atoms with Gasteiger partial charge in [0.05, 0.1) is 0 Å². The molecular formula is C12H21NO. The van der Waals surface area contributed by atoms with E-state index in [1.165, 1.54) is 4.90 Å². The first-order valence-corrected chi connectivity index (χ1v) is 4.85. The summed E-state index contributed by atoms with van der Waals surface area (Å²) in [5, 5.41) is 0. The van der Waals surface area contributed by atoms with E-state index in [0.717, 1.165) is 0 Å². The monoisotopic (exact) mass is 195 g/mol. The van der Waals surface area contributed by atoms with Gasteiger partial charge in [-0.2, -0.15) is 0 Å². The van der Waals surface area contributed by atoms with E-state index < -0.39 is 0 Å². The van der Waals surface area contributed by atoms with Gasteiger partial charge < -0.3 is 0 Å². The molecule has 80 valence electrons. The van der Waals surface area contributed by atoms with Crippen LogP contribution in [0.3, 0.4) is 0 Å². The van der Waals surface area contributed by atoms with Gasteiger partial charge in [-0.3, -0.25) is 9.69 Å². The Bertz CT molecular complexity index is 267. The third-order valence-electron chi connectivity index (χ3n) is 1.54. The molecule has 0 aliphatic heterocycles. The van der Waals surface area contributed by atoms with Crippen LogP contribution in [0, 0.1) is 22.8 Å². The molecule has 2 heteroatoms. The van der Waals surface area contributed by atoms with Crippen LogP contribution in [0.25, 0.3) is 0 Å². The van der Waals surface area contributed by atoms with Crippen molar-refractivity contribution in [3.63, 3.8) is 0 Å². The van der Waals surface area contributed by atoms with Gasteiger partial charge >= 0.3 is 0 Å². The highest BCUT2D eigenvalue weighted by Crippen LogP contribution is 2.16. The van der Waals surface area contributed by atoms with E-state index in [0.29, 0.717) is 0 Å². The zero-order valence-electron chi connectivity index (χ0n) is 10.4. The van der Waals surface area contributed by atoms with E-state index in [9.17, 15) is 4.79 Å². The summed E-state index contributed by atoms with van der Waals surface area (Å²) >= 11 is 0. The summed E-state index contributed by atoms with van der Waals surface area (Å²) in [5.41, 5.74) is -0.423. The van der Waals surface area contributed by atoms with E-state index in [-0.39, 0.29) is 16.7 Å². The molecule has 0 aliphatic carbocycles. The smallest absolute Gasteiger partial charge is 0.239 e. The summed E-state index contributed by atoms with van der Waals surface area (Å²) in [6.45, 7) is 11.8. The minimum absolute atomic E-state index is 0.0502. The van der Waals surface area contributed by atoms with Crippen molar-refractivity contribution in [1.82, 2.24) is 4.90 Å². The Morgan fingerprint density at radius 2 is 1.50 bits per heavy atom. The normalized spacial score (nSPS) is 11.6. The molecule has 0 aromatic rings. The van der Waals surface area contributed by atoms with Crippen LogP contribution < -0.4 is 0 Å². The highest BCUT2D eigenvalue weighted by Gasteiger charge is 2.24. The Morgan fingerprint density at radius 1 is 1.07 bits per heavy atom. The first-order valence-electron chi connectivity index (χ1n) is 4.85. The molecule has 0 rings (SSSR count). The zero-order chi connectivity index (χ0) is 11.6. The molecule has 0 atom stereocenters. The second-order valence-electron chi connectivity index (χ2n) is 5.60. The molecule has 0 aromatic carbocycles. The highest BCUT2D eigenvalue weighted by molar-refractivity contribution is 5.82. The largest absolute Gasteiger partial charge is 0.274 e. The molecule has 0 unspecified atom stereocenters. The van der Waals surface area contributed by atoms with Crippen LogP contribution in [0.4, 0.5) is 0 Å². The number of carbonyl (C=O) groups excluding carboxylic acids is 1. The van der Waals surface area contributed by atoms with Crippen molar-refractivity contribution < 1.29 is 4.79 Å². The molecule has 0 N–H and O–H groups in total. The van der Waals surface area contributed by atoms with Crippen LogP contribution in [-0.2, 0) is 4.79 Å². The number of rotatable bonds is 0. The third-order valence-corrected chi connectivity index (χ3v) is 1.54. The number of hydrogen-bond donors (Lipinski definition) is 0. The molecular weight excluding hydrogens is 174 g/mol. The third kappa shape index (κ3) is 4.91. The maximum Gasteiger partial charge on any atom is 0.239 e. The fourth-order valence-electron chi connectivity index (χ4n) is 0.805. The fourth-order valence-corrected chi connectivity index (χ4v) is 0.805. The average molecular weight is 195 g/mol. The molecule has 0 saturated carbocycles. The molecule has 0 aromatic heterocycles. The lowest BCUT2D eigenvalue weighted by Gasteiger charge is -2.21. The van der Waals surface area contributed by atoms with Crippen LogP contribution >= 0.6 is 0 Å². The molecule has 0 radical (unpaired) electrons. The topological polar surface area (TPSA) is 20.3 Å². The lowest BCUT2D eigenvalue weighted by atomic mass is 9.95. The number of nitrogens with zero attached hydrogens (tertiary/aromatic N) is 1. The average Bonchev–Trinajstić information content (AvgIpc) is 1.95. The van der Waals surface area contributed by atoms with Gasteiger partial charge in [0, 0.05) is 23.9 Å². The predicted octanol–water partition coefficient (Wildman–Crippen LogP) is 2.50. The number of hydrogen-bond acceptors (Lipinski definition) is 1. The van der Waals surface area contributed by atoms with Crippen molar-refractivity contribution >= 4 is 5.91 Å². The lowest BCUT2D eigenvalue weighted by molar-refractivity contribution is -0.134. The van der Waals surface area contributed by atoms with Gasteiger partial charge in [-0.1, -0.05) is 26.7 Å². The maximum absolute atomic E-state index is 11.7. The van der Waals surface area contributed by atoms with E-state index in [2.05, 4.69) is 12.0 Å². The van der Waals surface area contributed by atoms with Crippen molar-refractivity contribution in [2.45, 2.75) is 41.5 Å². The maximum atomic E-state index is 11.7. The molecule has 14 heavy (non-hydrogen) atoms. The summed E-state index contributed by atoms with van der Waals surface area (Å²) in [6.07, 6.45) is 0. The van der Waals surface area contributed by atoms with Gasteiger partial charge in [-0.15, -0.1) is 0 Å². The van der Waals surface area contributed by atoms with Gasteiger partial charge in [-0.05, 0) is 20.8 Å². The molecule has 0 saturated heterocycles. The van der Waals surface area contributed by atoms with Crippen LogP contribution in [0.5, 0.6) is 0 Å². The molecule has 2 nitrogen and oxygen atoms in total. The number of carbonyl (C=O) groups is 1. The first-order chi connectivity index (χ1) is 6.04. The zero-order valence-corrected chi connectivity index (χ0v) is 10.4. The first kappa shape index (κ1) is 13.0. The minimum Gasteiger partial charge on any atom is -0.274 e. The number of amides is 1. The molecule has 0 fully saturated rings. The van der Waals surface area contributed by atoms with E-state index in [1.54, 1.807) is 7.05 Å². The summed E-state index contributed by atoms with van der Waals surface area (Å²) in [4.78, 5) is 13.2. The summed E-state index contributed by atoms with van der Waals surface area (Å²) in [6, 6.07) is 2.86. The minimum atomic E-state index is -0.360.